The molecule has 7 heteroatoms. The van der Waals surface area contributed by atoms with Crippen LogP contribution in [0.15, 0.2) is 54.7 Å². The highest BCUT2D eigenvalue weighted by Gasteiger charge is 2.34. The van der Waals surface area contributed by atoms with Gasteiger partial charge in [-0.2, -0.15) is 13.2 Å². The van der Waals surface area contributed by atoms with Crippen LogP contribution in [0.5, 0.6) is 0 Å². The molecule has 3 rings (SSSR count). The molecule has 0 unspecified atom stereocenters. The van der Waals surface area contributed by atoms with E-state index in [1.807, 2.05) is 5.32 Å². The third-order valence-electron chi connectivity index (χ3n) is 3.52. The van der Waals surface area contributed by atoms with Gasteiger partial charge in [-0.25, -0.2) is 0 Å². The van der Waals surface area contributed by atoms with E-state index < -0.39 is 29.1 Å². The number of H-pyrrole nitrogens is 1. The van der Waals surface area contributed by atoms with E-state index in [-0.39, 0.29) is 5.56 Å². The molecule has 0 saturated heterocycles. The number of hydrogen-bond donors (Lipinski definition) is 2. The Balaban J connectivity index is 1.90. The van der Waals surface area contributed by atoms with Crippen LogP contribution in [0.3, 0.4) is 0 Å². The van der Waals surface area contributed by atoms with E-state index in [2.05, 4.69) is 4.98 Å². The number of hydrogen-bond acceptors (Lipinski definition) is 2. The third kappa shape index (κ3) is 2.88. The van der Waals surface area contributed by atoms with Crippen LogP contribution in [0.4, 0.5) is 18.9 Å². The first-order chi connectivity index (χ1) is 11.4. The number of ketones is 1. The average molecular weight is 332 g/mol. The highest BCUT2D eigenvalue weighted by molar-refractivity contribution is 6.48. The zero-order valence-electron chi connectivity index (χ0n) is 12.1. The molecule has 1 aromatic heterocycles. The van der Waals surface area contributed by atoms with Gasteiger partial charge in [-0.3, -0.25) is 9.59 Å². The Labute approximate surface area is 134 Å². The van der Waals surface area contributed by atoms with Gasteiger partial charge in [-0.05, 0) is 18.2 Å². The van der Waals surface area contributed by atoms with Gasteiger partial charge in [0.25, 0.3) is 11.7 Å². The van der Waals surface area contributed by atoms with Crippen LogP contribution in [0.25, 0.3) is 10.9 Å². The number of rotatable bonds is 3. The van der Waals surface area contributed by atoms with Crippen LogP contribution in [0, 0.1) is 0 Å². The summed E-state index contributed by atoms with van der Waals surface area (Å²) in [6.45, 7) is 0. The molecule has 0 aliphatic heterocycles. The monoisotopic (exact) mass is 332 g/mol. The summed E-state index contributed by atoms with van der Waals surface area (Å²) in [5.74, 6) is -2.04. The molecule has 1 heterocycles. The maximum atomic E-state index is 12.9. The van der Waals surface area contributed by atoms with Crippen LogP contribution in [0.1, 0.15) is 15.9 Å². The zero-order valence-corrected chi connectivity index (χ0v) is 12.1. The van der Waals surface area contributed by atoms with Crippen molar-refractivity contribution in [2.24, 2.45) is 0 Å². The highest BCUT2D eigenvalue weighted by atomic mass is 19.4. The molecule has 122 valence electrons. The summed E-state index contributed by atoms with van der Waals surface area (Å²) >= 11 is 0. The van der Waals surface area contributed by atoms with Gasteiger partial charge in [0.1, 0.15) is 0 Å². The Bertz CT molecular complexity index is 929. The van der Waals surface area contributed by atoms with Gasteiger partial charge in [-0.1, -0.05) is 30.3 Å². The van der Waals surface area contributed by atoms with Gasteiger partial charge >= 0.3 is 6.18 Å². The molecule has 0 bridgehead atoms. The Hall–Kier alpha value is -3.09. The summed E-state index contributed by atoms with van der Waals surface area (Å²) in [5, 5.41) is 2.58. The molecule has 24 heavy (non-hydrogen) atoms. The second-order valence-corrected chi connectivity index (χ2v) is 5.07. The summed E-state index contributed by atoms with van der Waals surface area (Å²) in [6.07, 6.45) is -3.27. The first kappa shape index (κ1) is 15.8. The molecule has 2 aromatic carbocycles. The standard InChI is InChI=1S/C17H11F3N2O2/c18-17(19,20)12-6-2-4-8-14(12)22-16(24)15(23)11-9-21-13-7-3-1-5-10(11)13/h1-9,21H,(H,22,24). The molecule has 0 fully saturated rings. The Morgan fingerprint density at radius 3 is 2.38 bits per heavy atom. The number of fused-ring (bicyclic) bond motifs is 1. The normalized spacial score (nSPS) is 11.5. The second kappa shape index (κ2) is 5.84. The molecule has 3 aromatic rings. The highest BCUT2D eigenvalue weighted by Crippen LogP contribution is 2.34. The minimum Gasteiger partial charge on any atom is -0.360 e. The second-order valence-electron chi connectivity index (χ2n) is 5.07. The van der Waals surface area contributed by atoms with E-state index in [1.54, 1.807) is 24.3 Å². The number of carbonyl (C=O) groups excluding carboxylic acids is 2. The van der Waals surface area contributed by atoms with Crippen LogP contribution < -0.4 is 5.32 Å². The number of alkyl halides is 3. The lowest BCUT2D eigenvalue weighted by atomic mass is 10.1. The van der Waals surface area contributed by atoms with Gasteiger partial charge in [-0.15, -0.1) is 0 Å². The number of anilines is 1. The molecular formula is C17H11F3N2O2. The van der Waals surface area contributed by atoms with Crippen molar-refractivity contribution in [3.05, 3.63) is 65.9 Å². The van der Waals surface area contributed by atoms with E-state index in [4.69, 9.17) is 0 Å². The van der Waals surface area contributed by atoms with Crippen molar-refractivity contribution in [2.45, 2.75) is 6.18 Å². The first-order valence-electron chi connectivity index (χ1n) is 6.96. The first-order valence-corrected chi connectivity index (χ1v) is 6.96. The topological polar surface area (TPSA) is 62.0 Å². The minimum absolute atomic E-state index is 0.104. The number of halogens is 3. The number of aromatic amines is 1. The summed E-state index contributed by atoms with van der Waals surface area (Å²) in [7, 11) is 0. The number of amides is 1. The predicted molar refractivity (Wildman–Crippen MR) is 82.7 cm³/mol. The molecule has 0 atom stereocenters. The summed E-state index contributed by atoms with van der Waals surface area (Å²) in [5.41, 5.74) is -0.704. The van der Waals surface area contributed by atoms with E-state index >= 15 is 0 Å². The molecule has 0 spiro atoms. The largest absolute Gasteiger partial charge is 0.418 e. The number of Topliss-reactive ketones (excluding diaryl/α,β-unsaturated/α-hetero) is 1. The summed E-state index contributed by atoms with van der Waals surface area (Å²) in [6, 6.07) is 11.3. The molecule has 1 amide bonds. The number of nitrogens with one attached hydrogen (secondary N) is 2. The molecule has 4 nitrogen and oxygen atoms in total. The molecule has 0 aliphatic rings. The molecule has 2 N–H and O–H groups in total. The zero-order chi connectivity index (χ0) is 17.3. The Morgan fingerprint density at radius 2 is 1.62 bits per heavy atom. The molecule has 0 saturated carbocycles. The van der Waals surface area contributed by atoms with Gasteiger partial charge in [0.05, 0.1) is 16.8 Å². The lowest BCUT2D eigenvalue weighted by Gasteiger charge is -2.12. The number of para-hydroxylation sites is 2. The van der Waals surface area contributed by atoms with Crippen molar-refractivity contribution in [1.82, 2.24) is 4.98 Å². The van der Waals surface area contributed by atoms with Crippen molar-refractivity contribution < 1.29 is 22.8 Å². The van der Waals surface area contributed by atoms with Crippen molar-refractivity contribution in [2.75, 3.05) is 5.32 Å². The van der Waals surface area contributed by atoms with Gasteiger partial charge in [0.2, 0.25) is 0 Å². The number of aromatic nitrogens is 1. The fraction of sp³-hybridized carbons (Fsp3) is 0.0588. The van der Waals surface area contributed by atoms with Gasteiger partial charge in [0, 0.05) is 17.1 Å². The predicted octanol–water partition coefficient (Wildman–Crippen LogP) is 4.01. The smallest absolute Gasteiger partial charge is 0.360 e. The number of carbonyl (C=O) groups is 2. The maximum Gasteiger partial charge on any atom is 0.418 e. The van der Waals surface area contributed by atoms with Crippen LogP contribution in [-0.4, -0.2) is 16.7 Å². The van der Waals surface area contributed by atoms with E-state index in [0.29, 0.717) is 10.9 Å². The summed E-state index contributed by atoms with van der Waals surface area (Å²) in [4.78, 5) is 27.2. The van der Waals surface area contributed by atoms with Crippen LogP contribution in [-0.2, 0) is 11.0 Å². The quantitative estimate of drug-likeness (QED) is 0.562. The van der Waals surface area contributed by atoms with Gasteiger partial charge in [0.15, 0.2) is 0 Å². The lowest BCUT2D eigenvalue weighted by molar-refractivity contribution is -0.137. The van der Waals surface area contributed by atoms with E-state index in [0.717, 1.165) is 12.1 Å². The molecule has 0 radical (unpaired) electrons. The maximum absolute atomic E-state index is 12.9. The van der Waals surface area contributed by atoms with Gasteiger partial charge < -0.3 is 10.3 Å². The fourth-order valence-corrected chi connectivity index (χ4v) is 2.40. The Kier molecular flexibility index (Phi) is 3.84. The lowest BCUT2D eigenvalue weighted by Crippen LogP contribution is -2.24. The fourth-order valence-electron chi connectivity index (χ4n) is 2.40. The minimum atomic E-state index is -4.63. The van der Waals surface area contributed by atoms with Crippen molar-refractivity contribution in [3.8, 4) is 0 Å². The SMILES string of the molecule is O=C(Nc1ccccc1C(F)(F)F)C(=O)c1c[nH]c2ccccc12. The number of benzene rings is 2. The summed E-state index contributed by atoms with van der Waals surface area (Å²) < 4.78 is 38.8. The van der Waals surface area contributed by atoms with E-state index in [9.17, 15) is 22.8 Å². The van der Waals surface area contributed by atoms with Crippen molar-refractivity contribution in [1.29, 1.82) is 0 Å². The van der Waals surface area contributed by atoms with Crippen LogP contribution in [0.2, 0.25) is 0 Å². The van der Waals surface area contributed by atoms with Crippen molar-refractivity contribution >= 4 is 28.3 Å². The molecular weight excluding hydrogens is 321 g/mol. The Morgan fingerprint density at radius 1 is 0.958 bits per heavy atom. The van der Waals surface area contributed by atoms with Crippen molar-refractivity contribution in [3.63, 3.8) is 0 Å². The molecule has 0 aliphatic carbocycles. The van der Waals surface area contributed by atoms with Crippen LogP contribution >= 0.6 is 0 Å². The average Bonchev–Trinajstić information content (AvgIpc) is 2.97. The van der Waals surface area contributed by atoms with E-state index in [1.165, 1.54) is 18.3 Å². The third-order valence-corrected chi connectivity index (χ3v) is 3.52.